The van der Waals surface area contributed by atoms with Crippen molar-refractivity contribution in [2.24, 2.45) is 0 Å². The molecule has 1 aromatic carbocycles. The van der Waals surface area contributed by atoms with Crippen LogP contribution < -0.4 is 5.32 Å². The van der Waals surface area contributed by atoms with Crippen LogP contribution in [0.15, 0.2) is 45.7 Å². The molecule has 0 saturated carbocycles. The number of aromatic nitrogens is 2. The second-order valence-corrected chi connectivity index (χ2v) is 8.64. The predicted molar refractivity (Wildman–Crippen MR) is 122 cm³/mol. The molecule has 8 heteroatoms. The molecule has 8 nitrogen and oxygen atoms in total. The first-order valence-electron chi connectivity index (χ1n) is 11.4. The second kappa shape index (κ2) is 9.60. The van der Waals surface area contributed by atoms with Crippen molar-refractivity contribution >= 4 is 11.8 Å². The summed E-state index contributed by atoms with van der Waals surface area (Å²) in [7, 11) is 0. The van der Waals surface area contributed by atoms with Crippen LogP contribution in [0.5, 0.6) is 0 Å². The minimum atomic E-state index is -0.478. The molecule has 2 amide bonds. The van der Waals surface area contributed by atoms with Crippen molar-refractivity contribution in [2.45, 2.75) is 65.0 Å². The van der Waals surface area contributed by atoms with E-state index in [2.05, 4.69) is 15.5 Å². The minimum Gasteiger partial charge on any atom is -0.443 e. The molecule has 1 saturated heterocycles. The van der Waals surface area contributed by atoms with Crippen molar-refractivity contribution in [3.63, 3.8) is 0 Å². The maximum Gasteiger partial charge on any atom is 0.243 e. The lowest BCUT2D eigenvalue weighted by atomic mass is 10.0. The summed E-state index contributed by atoms with van der Waals surface area (Å²) in [5.41, 5.74) is 3.49. The van der Waals surface area contributed by atoms with Crippen molar-refractivity contribution in [1.29, 1.82) is 0 Å². The number of rotatable bonds is 7. The van der Waals surface area contributed by atoms with E-state index in [1.165, 1.54) is 6.39 Å². The van der Waals surface area contributed by atoms with Crippen molar-refractivity contribution < 1.29 is 18.5 Å². The monoisotopic (exact) mass is 450 g/mol. The average molecular weight is 451 g/mol. The molecule has 1 fully saturated rings. The molecular weight excluding hydrogens is 420 g/mol. The SMILES string of the molecule is CC[C@@H](C(=O)N1CCC[C@H]1C(=O)N[C@@H](C)c1ccc(-c2ocnc2C)cc1)c1cc(C)no1. The van der Waals surface area contributed by atoms with E-state index in [0.29, 0.717) is 25.1 Å². The molecule has 1 aliphatic heterocycles. The van der Waals surface area contributed by atoms with Gasteiger partial charge in [-0.25, -0.2) is 4.98 Å². The van der Waals surface area contributed by atoms with E-state index < -0.39 is 12.0 Å². The van der Waals surface area contributed by atoms with E-state index in [1.807, 2.05) is 52.0 Å². The third kappa shape index (κ3) is 4.69. The smallest absolute Gasteiger partial charge is 0.243 e. The lowest BCUT2D eigenvalue weighted by Crippen LogP contribution is -2.47. The summed E-state index contributed by atoms with van der Waals surface area (Å²) in [6.07, 6.45) is 3.48. The molecule has 0 radical (unpaired) electrons. The number of oxazole rings is 1. The third-order valence-corrected chi connectivity index (χ3v) is 6.31. The standard InChI is InChI=1S/C25H30N4O4/c1-5-20(22-13-15(2)28-33-22)25(31)29-12-6-7-21(29)24(30)27-16(3)18-8-10-19(11-9-18)23-17(4)26-14-32-23/h8-11,13-14,16,20-21H,5-7,12H2,1-4H3,(H,27,30)/t16-,20+,21-/m0/s1. The highest BCUT2D eigenvalue weighted by atomic mass is 16.5. The highest BCUT2D eigenvalue weighted by molar-refractivity contribution is 5.91. The maximum absolute atomic E-state index is 13.3. The van der Waals surface area contributed by atoms with Gasteiger partial charge < -0.3 is 19.2 Å². The van der Waals surface area contributed by atoms with E-state index >= 15 is 0 Å². The van der Waals surface area contributed by atoms with Crippen molar-refractivity contribution in [3.8, 4) is 11.3 Å². The lowest BCUT2D eigenvalue weighted by Gasteiger charge is -2.28. The third-order valence-electron chi connectivity index (χ3n) is 6.31. The van der Waals surface area contributed by atoms with Crippen LogP contribution in [0.2, 0.25) is 0 Å². The van der Waals surface area contributed by atoms with Gasteiger partial charge >= 0.3 is 0 Å². The Hall–Kier alpha value is -3.42. The summed E-state index contributed by atoms with van der Waals surface area (Å²) in [6.45, 7) is 8.19. The van der Waals surface area contributed by atoms with Crippen LogP contribution in [0.3, 0.4) is 0 Å². The number of carbonyl (C=O) groups is 2. The van der Waals surface area contributed by atoms with Gasteiger partial charge in [-0.05, 0) is 45.6 Å². The van der Waals surface area contributed by atoms with Gasteiger partial charge in [-0.3, -0.25) is 9.59 Å². The molecule has 0 bridgehead atoms. The highest BCUT2D eigenvalue weighted by Gasteiger charge is 2.38. The van der Waals surface area contributed by atoms with E-state index in [1.54, 1.807) is 11.0 Å². The Kier molecular flexibility index (Phi) is 6.62. The molecule has 174 valence electrons. The summed E-state index contributed by atoms with van der Waals surface area (Å²) in [6, 6.07) is 8.99. The molecule has 0 unspecified atom stereocenters. The van der Waals surface area contributed by atoms with Crippen molar-refractivity contribution in [3.05, 3.63) is 59.4 Å². The summed E-state index contributed by atoms with van der Waals surface area (Å²) in [5, 5.41) is 7.00. The van der Waals surface area contributed by atoms with Crippen LogP contribution in [0, 0.1) is 13.8 Å². The fourth-order valence-corrected chi connectivity index (χ4v) is 4.44. The zero-order valence-electron chi connectivity index (χ0n) is 19.5. The van der Waals surface area contributed by atoms with Gasteiger partial charge in [-0.2, -0.15) is 0 Å². The number of carbonyl (C=O) groups excluding carboxylic acids is 2. The fourth-order valence-electron chi connectivity index (χ4n) is 4.44. The molecule has 3 aromatic rings. The molecule has 3 atom stereocenters. The number of likely N-dealkylation sites (tertiary alicyclic amines) is 1. The molecule has 0 spiro atoms. The normalized spacial score (nSPS) is 17.7. The Morgan fingerprint density at radius 3 is 2.61 bits per heavy atom. The number of benzene rings is 1. The molecular formula is C25H30N4O4. The van der Waals surface area contributed by atoms with Crippen molar-refractivity contribution in [1.82, 2.24) is 20.4 Å². The number of hydrogen-bond donors (Lipinski definition) is 1. The Morgan fingerprint density at radius 1 is 1.24 bits per heavy atom. The Balaban J connectivity index is 1.42. The number of nitrogens with one attached hydrogen (secondary N) is 1. The van der Waals surface area contributed by atoms with Gasteiger partial charge in [0.15, 0.2) is 12.2 Å². The molecule has 0 aliphatic carbocycles. The van der Waals surface area contributed by atoms with E-state index in [4.69, 9.17) is 8.94 Å². The van der Waals surface area contributed by atoms with Gasteiger partial charge in [0.1, 0.15) is 11.8 Å². The van der Waals surface area contributed by atoms with E-state index in [9.17, 15) is 9.59 Å². The summed E-state index contributed by atoms with van der Waals surface area (Å²) in [4.78, 5) is 32.2. The van der Waals surface area contributed by atoms with E-state index in [-0.39, 0.29) is 17.9 Å². The highest BCUT2D eigenvalue weighted by Crippen LogP contribution is 2.29. The number of nitrogens with zero attached hydrogens (tertiary/aromatic N) is 3. The fraction of sp³-hybridized carbons (Fsp3) is 0.440. The van der Waals surface area contributed by atoms with Crippen molar-refractivity contribution in [2.75, 3.05) is 6.54 Å². The van der Waals surface area contributed by atoms with Gasteiger partial charge in [0.25, 0.3) is 0 Å². The van der Waals surface area contributed by atoms with Gasteiger partial charge in [-0.15, -0.1) is 0 Å². The van der Waals surface area contributed by atoms with Crippen LogP contribution in [0.25, 0.3) is 11.3 Å². The second-order valence-electron chi connectivity index (χ2n) is 8.64. The predicted octanol–water partition coefficient (Wildman–Crippen LogP) is 4.31. The summed E-state index contributed by atoms with van der Waals surface area (Å²) >= 11 is 0. The van der Waals surface area contributed by atoms with Gasteiger partial charge in [0, 0.05) is 18.2 Å². The zero-order chi connectivity index (χ0) is 23.5. The average Bonchev–Trinajstić information content (AvgIpc) is 3.55. The quantitative estimate of drug-likeness (QED) is 0.576. The first kappa shape index (κ1) is 22.8. The summed E-state index contributed by atoms with van der Waals surface area (Å²) < 4.78 is 10.8. The molecule has 1 aliphatic rings. The molecule has 33 heavy (non-hydrogen) atoms. The number of hydrogen-bond acceptors (Lipinski definition) is 6. The Morgan fingerprint density at radius 2 is 2.00 bits per heavy atom. The largest absolute Gasteiger partial charge is 0.443 e. The van der Waals surface area contributed by atoms with Crippen LogP contribution >= 0.6 is 0 Å². The minimum absolute atomic E-state index is 0.0780. The van der Waals surface area contributed by atoms with Gasteiger partial charge in [-0.1, -0.05) is 36.3 Å². The number of amides is 2. The molecule has 4 rings (SSSR count). The van der Waals surface area contributed by atoms with Crippen LogP contribution in [0.1, 0.15) is 67.8 Å². The first-order valence-corrected chi connectivity index (χ1v) is 11.4. The lowest BCUT2D eigenvalue weighted by molar-refractivity contribution is -0.140. The van der Waals surface area contributed by atoms with Crippen LogP contribution in [-0.2, 0) is 9.59 Å². The van der Waals surface area contributed by atoms with Crippen LogP contribution in [0.4, 0.5) is 0 Å². The molecule has 1 N–H and O–H groups in total. The Labute approximate surface area is 193 Å². The van der Waals surface area contributed by atoms with E-state index in [0.717, 1.165) is 34.7 Å². The van der Waals surface area contributed by atoms with Gasteiger partial charge in [0.2, 0.25) is 11.8 Å². The molecule has 3 heterocycles. The zero-order valence-corrected chi connectivity index (χ0v) is 19.5. The maximum atomic E-state index is 13.3. The van der Waals surface area contributed by atoms with Crippen LogP contribution in [-0.4, -0.2) is 39.4 Å². The Bertz CT molecular complexity index is 1120. The topological polar surface area (TPSA) is 101 Å². The number of aryl methyl sites for hydroxylation is 2. The van der Waals surface area contributed by atoms with Gasteiger partial charge in [0.05, 0.1) is 23.3 Å². The first-order chi connectivity index (χ1) is 15.9. The summed E-state index contributed by atoms with van der Waals surface area (Å²) in [5.74, 6) is 0.661. The molecule has 2 aromatic heterocycles.